The van der Waals surface area contributed by atoms with Crippen molar-refractivity contribution in [3.8, 4) is 0 Å². The number of rotatable bonds is 3. The van der Waals surface area contributed by atoms with Crippen LogP contribution in [0.25, 0.3) is 0 Å². The summed E-state index contributed by atoms with van der Waals surface area (Å²) in [4.78, 5) is 0. The molecule has 1 N–H and O–H groups in total. The molecule has 2 heteroatoms. The van der Waals surface area contributed by atoms with Crippen LogP contribution in [0.4, 0.5) is 0 Å². The predicted octanol–water partition coefficient (Wildman–Crippen LogP) is 2.59. The standard InChI is InChI=1S/C8H10N.2CH3.Al/c1-7(9)8-5-3-2-4-6-8;;;/h2-7,9H,1H3;2*1H3;/q-1;;;+1. The van der Waals surface area contributed by atoms with E-state index in [2.05, 4.69) is 53.1 Å². The van der Waals surface area contributed by atoms with Gasteiger partial charge >= 0.3 is 14.4 Å². The van der Waals surface area contributed by atoms with Crippen LogP contribution in [-0.2, 0) is 0 Å². The molecule has 0 saturated heterocycles. The Morgan fingerprint density at radius 3 is 2.25 bits per heavy atom. The summed E-state index contributed by atoms with van der Waals surface area (Å²) in [5.41, 5.74) is 1.39. The molecule has 1 aromatic rings. The maximum atomic E-state index is 3.60. The molecule has 12 heavy (non-hydrogen) atoms. The summed E-state index contributed by atoms with van der Waals surface area (Å²) >= 11 is -0.648. The van der Waals surface area contributed by atoms with Crippen LogP contribution in [0.5, 0.6) is 0 Å². The monoisotopic (exact) mass is 177 g/mol. The molecule has 0 heterocycles. The van der Waals surface area contributed by atoms with Crippen molar-refractivity contribution in [3.63, 3.8) is 0 Å². The lowest BCUT2D eigenvalue weighted by Crippen LogP contribution is -2.29. The third kappa shape index (κ3) is 2.99. The van der Waals surface area contributed by atoms with E-state index in [0.717, 1.165) is 0 Å². The highest BCUT2D eigenvalue weighted by molar-refractivity contribution is 6.52. The average Bonchev–Trinajstić information content (AvgIpc) is 2.05. The maximum Gasteiger partial charge on any atom is 0.363 e. The Morgan fingerprint density at radius 1 is 1.17 bits per heavy atom. The van der Waals surface area contributed by atoms with Gasteiger partial charge in [0, 0.05) is 6.04 Å². The molecular formula is C10H16AlN. The molecule has 0 radical (unpaired) electrons. The molecular weight excluding hydrogens is 161 g/mol. The summed E-state index contributed by atoms with van der Waals surface area (Å²) in [6.07, 6.45) is 0. The van der Waals surface area contributed by atoms with Gasteiger partial charge in [0.25, 0.3) is 0 Å². The lowest BCUT2D eigenvalue weighted by Gasteiger charge is -2.15. The summed E-state index contributed by atoms with van der Waals surface area (Å²) in [5.74, 6) is 4.61. The Labute approximate surface area is 79.4 Å². The average molecular weight is 177 g/mol. The van der Waals surface area contributed by atoms with Gasteiger partial charge < -0.3 is 4.30 Å². The van der Waals surface area contributed by atoms with Gasteiger partial charge in [-0.15, -0.1) is 0 Å². The van der Waals surface area contributed by atoms with E-state index in [4.69, 9.17) is 0 Å². The molecule has 0 aliphatic carbocycles. The van der Waals surface area contributed by atoms with E-state index >= 15 is 0 Å². The van der Waals surface area contributed by atoms with Crippen molar-refractivity contribution in [1.82, 2.24) is 4.30 Å². The van der Waals surface area contributed by atoms with Gasteiger partial charge in [0.15, 0.2) is 0 Å². The fraction of sp³-hybridized carbons (Fsp3) is 0.400. The van der Waals surface area contributed by atoms with Crippen molar-refractivity contribution in [2.45, 2.75) is 24.5 Å². The molecule has 0 spiro atoms. The Kier molecular flexibility index (Phi) is 3.81. The molecule has 1 rings (SSSR count). The van der Waals surface area contributed by atoms with Crippen LogP contribution in [0.1, 0.15) is 18.5 Å². The molecule has 0 fully saturated rings. The molecule has 0 amide bonds. The third-order valence-electron chi connectivity index (χ3n) is 1.88. The molecule has 64 valence electrons. The van der Waals surface area contributed by atoms with Crippen molar-refractivity contribution in [1.29, 1.82) is 0 Å². The van der Waals surface area contributed by atoms with Gasteiger partial charge in [-0.3, -0.25) is 0 Å². The van der Waals surface area contributed by atoms with E-state index in [0.29, 0.717) is 6.04 Å². The molecule has 0 aliphatic heterocycles. The van der Waals surface area contributed by atoms with Crippen LogP contribution in [-0.4, -0.2) is 14.4 Å². The Hall–Kier alpha value is -0.288. The Bertz CT molecular complexity index is 221. The van der Waals surface area contributed by atoms with E-state index in [9.17, 15) is 0 Å². The lowest BCUT2D eigenvalue weighted by molar-refractivity contribution is 0.729. The number of hydrogen-bond acceptors (Lipinski definition) is 1. The highest BCUT2D eigenvalue weighted by Gasteiger charge is 2.08. The zero-order valence-electron chi connectivity index (χ0n) is 8.04. The highest BCUT2D eigenvalue weighted by Crippen LogP contribution is 2.10. The number of benzene rings is 1. The maximum absolute atomic E-state index is 3.60. The largest absolute Gasteiger partial charge is 0.393 e. The van der Waals surface area contributed by atoms with Crippen LogP contribution in [0, 0.1) is 0 Å². The highest BCUT2D eigenvalue weighted by atomic mass is 27.2. The van der Waals surface area contributed by atoms with Gasteiger partial charge in [0.05, 0.1) is 0 Å². The van der Waals surface area contributed by atoms with Gasteiger partial charge in [0.2, 0.25) is 0 Å². The van der Waals surface area contributed by atoms with Crippen molar-refractivity contribution in [3.05, 3.63) is 35.9 Å². The van der Waals surface area contributed by atoms with Crippen molar-refractivity contribution >= 4 is 14.4 Å². The van der Waals surface area contributed by atoms with Crippen molar-refractivity contribution in [2.24, 2.45) is 0 Å². The minimum atomic E-state index is -0.648. The summed E-state index contributed by atoms with van der Waals surface area (Å²) in [7, 11) is 0. The van der Waals surface area contributed by atoms with E-state index in [1.165, 1.54) is 5.56 Å². The molecule has 0 aliphatic rings. The zero-order chi connectivity index (χ0) is 8.97. The van der Waals surface area contributed by atoms with Crippen LogP contribution in [0.15, 0.2) is 30.3 Å². The van der Waals surface area contributed by atoms with Crippen LogP contribution < -0.4 is 4.30 Å². The van der Waals surface area contributed by atoms with Crippen molar-refractivity contribution in [2.75, 3.05) is 0 Å². The Balaban J connectivity index is 2.59. The SMILES string of the molecule is CC([NH][Al]([CH3])[CH3])c1ccccc1. The van der Waals surface area contributed by atoms with Gasteiger partial charge in [-0.05, 0) is 12.5 Å². The van der Waals surface area contributed by atoms with Gasteiger partial charge in [0.1, 0.15) is 0 Å². The fourth-order valence-corrected chi connectivity index (χ4v) is 2.53. The van der Waals surface area contributed by atoms with E-state index in [1.54, 1.807) is 0 Å². The molecule has 0 saturated carbocycles. The normalized spacial score (nSPS) is 12.6. The van der Waals surface area contributed by atoms with Gasteiger partial charge in [-0.2, -0.15) is 0 Å². The first kappa shape index (κ1) is 9.80. The fourth-order valence-electron chi connectivity index (χ4n) is 1.34. The van der Waals surface area contributed by atoms with E-state index in [-0.39, 0.29) is 0 Å². The molecule has 0 bridgehead atoms. The first-order valence-corrected chi connectivity index (χ1v) is 7.40. The summed E-state index contributed by atoms with van der Waals surface area (Å²) in [6, 6.07) is 11.1. The van der Waals surface area contributed by atoms with Crippen LogP contribution in [0.2, 0.25) is 11.6 Å². The second kappa shape index (κ2) is 4.67. The summed E-state index contributed by atoms with van der Waals surface area (Å²) in [5, 5.41) is 0. The second-order valence-electron chi connectivity index (χ2n) is 3.45. The lowest BCUT2D eigenvalue weighted by atomic mass is 10.1. The molecule has 1 atom stereocenters. The summed E-state index contributed by atoms with van der Waals surface area (Å²) < 4.78 is 3.60. The van der Waals surface area contributed by atoms with Gasteiger partial charge in [-0.1, -0.05) is 41.9 Å². The summed E-state index contributed by atoms with van der Waals surface area (Å²) in [6.45, 7) is 2.22. The molecule has 1 nitrogen and oxygen atoms in total. The molecule has 0 aromatic heterocycles. The van der Waals surface area contributed by atoms with E-state index < -0.39 is 14.4 Å². The van der Waals surface area contributed by atoms with E-state index in [1.807, 2.05) is 0 Å². The van der Waals surface area contributed by atoms with Crippen molar-refractivity contribution < 1.29 is 0 Å². The smallest absolute Gasteiger partial charge is 0.363 e. The Morgan fingerprint density at radius 2 is 1.75 bits per heavy atom. The second-order valence-corrected chi connectivity index (χ2v) is 6.10. The minimum Gasteiger partial charge on any atom is -0.393 e. The van der Waals surface area contributed by atoms with Crippen LogP contribution in [0.3, 0.4) is 0 Å². The third-order valence-corrected chi connectivity index (χ3v) is 3.05. The first-order valence-electron chi connectivity index (χ1n) is 4.51. The predicted molar refractivity (Wildman–Crippen MR) is 55.5 cm³/mol. The topological polar surface area (TPSA) is 12.0 Å². The van der Waals surface area contributed by atoms with Crippen LogP contribution >= 0.6 is 0 Å². The zero-order valence-corrected chi connectivity index (χ0v) is 9.20. The van der Waals surface area contributed by atoms with Gasteiger partial charge in [-0.25, -0.2) is 0 Å². The quantitative estimate of drug-likeness (QED) is 0.700. The molecule has 1 aromatic carbocycles. The number of hydrogen-bond donors (Lipinski definition) is 1. The number of nitrogens with one attached hydrogen (secondary N) is 1. The first-order chi connectivity index (χ1) is 5.70. The molecule has 1 unspecified atom stereocenters. The minimum absolute atomic E-state index is 0.512.